The fourth-order valence-corrected chi connectivity index (χ4v) is 10.5. The number of rotatable bonds is 8. The third-order valence-corrected chi connectivity index (χ3v) is 13.5. The van der Waals surface area contributed by atoms with E-state index < -0.39 is 0 Å². The van der Waals surface area contributed by atoms with Crippen molar-refractivity contribution >= 4 is 53.2 Å². The Morgan fingerprint density at radius 3 is 0.879 bits per heavy atom. The molecule has 10 rings (SSSR count). The van der Waals surface area contributed by atoms with Crippen LogP contribution in [0.3, 0.4) is 0 Å². The third-order valence-electron chi connectivity index (χ3n) is 13.5. The molecule has 2 aliphatic carbocycles. The first-order chi connectivity index (χ1) is 29.9. The summed E-state index contributed by atoms with van der Waals surface area (Å²) in [5, 5.41) is 5.63. The summed E-state index contributed by atoms with van der Waals surface area (Å²) in [6, 6.07) is 47.0. The van der Waals surface area contributed by atoms with Gasteiger partial charge in [0.05, 0.1) is 0 Å². The van der Waals surface area contributed by atoms with Crippen molar-refractivity contribution < 1.29 is 23.3 Å². The molecule has 2 radical (unpaired) electrons. The number of fused-ring (bicyclic) bond motifs is 2. The molecular formula is C62H70Cl2SiZr-4. The molecule has 0 nitrogen and oxygen atoms in total. The molecule has 8 aromatic rings. The van der Waals surface area contributed by atoms with Gasteiger partial charge in [-0.05, 0) is 91.2 Å². The quantitative estimate of drug-likeness (QED) is 0.105. The van der Waals surface area contributed by atoms with E-state index in [9.17, 15) is 0 Å². The van der Waals surface area contributed by atoms with Crippen molar-refractivity contribution in [3.05, 3.63) is 192 Å². The number of benzene rings is 6. The molecule has 0 atom stereocenters. The van der Waals surface area contributed by atoms with Gasteiger partial charge in [0.1, 0.15) is 0 Å². The van der Waals surface area contributed by atoms with E-state index in [-0.39, 0.29) is 39.7 Å². The molecular weight excluding hydrogens is 935 g/mol. The van der Waals surface area contributed by atoms with Gasteiger partial charge in [0, 0.05) is 0 Å². The SMILES string of the molecule is Cc1cc(C)cc(-c2ccc(-c3cc(C)cc(C)c3)c3[cH-]c(CC4CCC4)cc23)c1.Cc1cc(C)cc(-c2ccc(-c3cc(C)cc(C)c3)c3[cH-]c(CC4CCC4)cc23)c1.Cl.Cl.[CH3-].[CH3-].[Si]=[Zr]. The van der Waals surface area contributed by atoms with Crippen molar-refractivity contribution in [3.63, 3.8) is 0 Å². The number of hydrogen-bond donors (Lipinski definition) is 0. The summed E-state index contributed by atoms with van der Waals surface area (Å²) in [6.45, 7) is 20.7. The summed E-state index contributed by atoms with van der Waals surface area (Å²) in [5.41, 5.74) is 24.5. The molecule has 0 saturated heterocycles. The van der Waals surface area contributed by atoms with Gasteiger partial charge in [0.2, 0.25) is 0 Å². The van der Waals surface area contributed by atoms with Crippen LogP contribution in [-0.2, 0) is 36.2 Å². The molecule has 8 aromatic carbocycles. The topological polar surface area (TPSA) is 0 Å². The van der Waals surface area contributed by atoms with Crippen LogP contribution < -0.4 is 0 Å². The normalized spacial score (nSPS) is 13.0. The minimum atomic E-state index is 0. The van der Waals surface area contributed by atoms with Crippen molar-refractivity contribution in [2.24, 2.45) is 11.8 Å². The summed E-state index contributed by atoms with van der Waals surface area (Å²) in [7, 11) is 0. The Hall–Kier alpha value is -3.78. The second-order valence-electron chi connectivity index (χ2n) is 19.2. The molecule has 2 saturated carbocycles. The molecule has 2 aliphatic rings. The average Bonchev–Trinajstić information content (AvgIpc) is 3.81. The second-order valence-corrected chi connectivity index (χ2v) is 19.2. The zero-order valence-electron chi connectivity index (χ0n) is 41.2. The number of aryl methyl sites for hydroxylation is 8. The molecule has 344 valence electrons. The standard InChI is InChI=1S/2C30H31.2CH3.2ClH.Si.Zr/c2*1-19-10-20(2)13-25(12-19)27-8-9-28(26-14-21(3)11-22(4)15-26)30-18-24(17-29(27)30)16-23-6-5-7-23;;;;;;/h2*8-15,17-18,23H,5-7,16H2,1-4H3;2*1H3;2*1H;;/q4*-1;;;;. The van der Waals surface area contributed by atoms with Crippen LogP contribution in [-0.4, -0.2) is 6.88 Å². The number of halogens is 2. The molecule has 2 fully saturated rings. The summed E-state index contributed by atoms with van der Waals surface area (Å²) in [4.78, 5) is 0. The summed E-state index contributed by atoms with van der Waals surface area (Å²) in [5.74, 6) is 1.77. The van der Waals surface area contributed by atoms with Gasteiger partial charge in [0.15, 0.2) is 0 Å². The van der Waals surface area contributed by atoms with E-state index in [0.717, 1.165) is 11.8 Å². The van der Waals surface area contributed by atoms with E-state index in [4.69, 9.17) is 0 Å². The van der Waals surface area contributed by atoms with Gasteiger partial charge in [-0.1, -0.05) is 213 Å². The zero-order chi connectivity index (χ0) is 43.7. The summed E-state index contributed by atoms with van der Waals surface area (Å²) >= 11 is 1.36. The van der Waals surface area contributed by atoms with Crippen LogP contribution in [0, 0.1) is 82.1 Å². The molecule has 4 heteroatoms. The first-order valence-electron chi connectivity index (χ1n) is 23.0. The van der Waals surface area contributed by atoms with Crippen LogP contribution in [0.5, 0.6) is 0 Å². The van der Waals surface area contributed by atoms with E-state index in [1.807, 2.05) is 0 Å². The van der Waals surface area contributed by atoms with Gasteiger partial charge in [0.25, 0.3) is 0 Å². The van der Waals surface area contributed by atoms with Crippen molar-refractivity contribution in [2.45, 2.75) is 107 Å². The number of hydrogen-bond acceptors (Lipinski definition) is 0. The maximum absolute atomic E-state index is 3.06. The van der Waals surface area contributed by atoms with E-state index in [2.05, 4.69) is 184 Å². The Bertz CT molecular complexity index is 2450. The first kappa shape index (κ1) is 54.8. The van der Waals surface area contributed by atoms with Crippen molar-refractivity contribution in [2.75, 3.05) is 0 Å². The van der Waals surface area contributed by atoms with E-state index in [0.29, 0.717) is 0 Å². The van der Waals surface area contributed by atoms with Gasteiger partial charge in [-0.25, -0.2) is 0 Å². The first-order valence-corrected chi connectivity index (χ1v) is 27.2. The minimum absolute atomic E-state index is 0. The third kappa shape index (κ3) is 12.5. The van der Waals surface area contributed by atoms with Crippen LogP contribution in [0.4, 0.5) is 0 Å². The molecule has 0 unspecified atom stereocenters. The van der Waals surface area contributed by atoms with Crippen LogP contribution in [0.1, 0.15) is 94.2 Å². The molecule has 66 heavy (non-hydrogen) atoms. The fraction of sp³-hybridized carbons (Fsp3) is 0.290. The average molecular weight is 1010 g/mol. The molecule has 0 amide bonds. The van der Waals surface area contributed by atoms with Gasteiger partial charge in [-0.2, -0.15) is 12.1 Å². The van der Waals surface area contributed by atoms with E-state index in [1.54, 1.807) is 0 Å². The summed E-state index contributed by atoms with van der Waals surface area (Å²) in [6.07, 6.45) is 10.9. The van der Waals surface area contributed by atoms with Crippen molar-refractivity contribution in [3.8, 4) is 44.5 Å². The Morgan fingerprint density at radius 1 is 0.394 bits per heavy atom. The molecule has 0 heterocycles. The maximum atomic E-state index is 3.06. The molecule has 0 aromatic heterocycles. The molecule has 0 spiro atoms. The Balaban J connectivity index is 0.000000263. The second kappa shape index (κ2) is 24.0. The summed E-state index contributed by atoms with van der Waals surface area (Å²) < 4.78 is 0. The van der Waals surface area contributed by atoms with Gasteiger partial charge in [-0.3, -0.25) is 0 Å². The van der Waals surface area contributed by atoms with Crippen molar-refractivity contribution in [1.82, 2.24) is 0 Å². The van der Waals surface area contributed by atoms with Gasteiger partial charge in [-0.15, -0.1) is 69.6 Å². The Kier molecular flexibility index (Phi) is 19.9. The monoisotopic (exact) mass is 1000 g/mol. The molecule has 0 aliphatic heterocycles. The Labute approximate surface area is 428 Å². The van der Waals surface area contributed by atoms with E-state index >= 15 is 0 Å². The molecule has 0 N–H and O–H groups in total. The predicted octanol–water partition coefficient (Wildman–Crippen LogP) is 18.3. The fourth-order valence-electron chi connectivity index (χ4n) is 10.5. The van der Waals surface area contributed by atoms with Crippen LogP contribution in [0.25, 0.3) is 66.1 Å². The molecule has 0 bridgehead atoms. The van der Waals surface area contributed by atoms with Crippen LogP contribution >= 0.6 is 24.8 Å². The van der Waals surface area contributed by atoms with Crippen LogP contribution in [0.15, 0.2) is 121 Å². The zero-order valence-corrected chi connectivity index (χ0v) is 46.3. The van der Waals surface area contributed by atoms with E-state index in [1.165, 1.54) is 196 Å². The van der Waals surface area contributed by atoms with Gasteiger partial charge < -0.3 is 14.9 Å². The Morgan fingerprint density at radius 2 is 0.636 bits per heavy atom. The van der Waals surface area contributed by atoms with Crippen LogP contribution in [0.2, 0.25) is 0 Å². The predicted molar refractivity (Wildman–Crippen MR) is 294 cm³/mol. The van der Waals surface area contributed by atoms with Gasteiger partial charge >= 0.3 is 30.2 Å². The van der Waals surface area contributed by atoms with Crippen molar-refractivity contribution in [1.29, 1.82) is 0 Å².